The highest BCUT2D eigenvalue weighted by molar-refractivity contribution is 6.10. The summed E-state index contributed by atoms with van der Waals surface area (Å²) in [6, 6.07) is 6.37. The molecule has 3 aliphatic heterocycles. The summed E-state index contributed by atoms with van der Waals surface area (Å²) in [5, 5.41) is 10.9. The number of aryl methyl sites for hydroxylation is 1. The van der Waals surface area contributed by atoms with Crippen LogP contribution >= 0.6 is 0 Å². The number of fused-ring (bicyclic) bond motifs is 1. The average molecular weight is 624 g/mol. The standard InChI is InChI=1S/C32H36F3N7O3/c1-4-29(43)36-13-23-10-22(31(17-45-18-31)12-28-39-37-19-40(28)3)11-27(38-23)42-16-25-24(30(42)44)8-21(9-26(25)32(33,34)35)15-41-7-5-6-20(2)14-41/h4,8-11,19-20H,1,5-7,12-18H2,2-3H3,(H,36,43)/t20-/m0/s1. The van der Waals surface area contributed by atoms with Crippen LogP contribution in [-0.4, -0.2) is 62.8 Å². The highest BCUT2D eigenvalue weighted by atomic mass is 19.4. The summed E-state index contributed by atoms with van der Waals surface area (Å²) in [7, 11) is 1.84. The van der Waals surface area contributed by atoms with Crippen molar-refractivity contribution in [2.75, 3.05) is 31.2 Å². The van der Waals surface area contributed by atoms with Gasteiger partial charge in [0.1, 0.15) is 18.0 Å². The summed E-state index contributed by atoms with van der Waals surface area (Å²) in [5.41, 5.74) is 0.357. The van der Waals surface area contributed by atoms with Gasteiger partial charge in [-0.15, -0.1) is 10.2 Å². The van der Waals surface area contributed by atoms with Crippen molar-refractivity contribution in [1.29, 1.82) is 0 Å². The van der Waals surface area contributed by atoms with Gasteiger partial charge in [0.2, 0.25) is 5.91 Å². The Morgan fingerprint density at radius 1 is 1.24 bits per heavy atom. The molecule has 2 amide bonds. The van der Waals surface area contributed by atoms with E-state index in [9.17, 15) is 22.8 Å². The predicted octanol–water partition coefficient (Wildman–Crippen LogP) is 3.93. The molecule has 3 aromatic rings. The van der Waals surface area contributed by atoms with Crippen LogP contribution in [0.2, 0.25) is 0 Å². The number of pyridine rings is 1. The molecular weight excluding hydrogens is 587 g/mol. The van der Waals surface area contributed by atoms with Crippen molar-refractivity contribution in [3.05, 3.63) is 82.6 Å². The molecule has 45 heavy (non-hydrogen) atoms. The molecule has 5 heterocycles. The minimum Gasteiger partial charge on any atom is -0.379 e. The number of carbonyl (C=O) groups excluding carboxylic acids is 2. The lowest BCUT2D eigenvalue weighted by Crippen LogP contribution is -2.49. The maximum atomic E-state index is 14.4. The second kappa shape index (κ2) is 12.0. The summed E-state index contributed by atoms with van der Waals surface area (Å²) in [6.07, 6.45) is 0.683. The quantitative estimate of drug-likeness (QED) is 0.360. The lowest BCUT2D eigenvalue weighted by Gasteiger charge is -2.42. The number of halogens is 3. The number of hydrogen-bond acceptors (Lipinski definition) is 7. The van der Waals surface area contributed by atoms with Gasteiger partial charge in [0, 0.05) is 37.5 Å². The van der Waals surface area contributed by atoms with Crippen molar-refractivity contribution in [1.82, 2.24) is 30.0 Å². The maximum absolute atomic E-state index is 14.4. The molecule has 1 atom stereocenters. The molecule has 6 rings (SSSR count). The van der Waals surface area contributed by atoms with Gasteiger partial charge in [-0.2, -0.15) is 13.2 Å². The fourth-order valence-corrected chi connectivity index (χ4v) is 6.53. The molecule has 13 heteroatoms. The second-order valence-electron chi connectivity index (χ2n) is 12.5. The number of hydrogen-bond donors (Lipinski definition) is 1. The molecule has 1 N–H and O–H groups in total. The van der Waals surface area contributed by atoms with E-state index >= 15 is 0 Å². The van der Waals surface area contributed by atoms with Gasteiger partial charge in [-0.1, -0.05) is 13.5 Å². The summed E-state index contributed by atoms with van der Waals surface area (Å²) in [4.78, 5) is 34.0. The van der Waals surface area contributed by atoms with E-state index in [1.807, 2.05) is 17.7 Å². The summed E-state index contributed by atoms with van der Waals surface area (Å²) in [6.45, 7) is 8.08. The number of nitrogens with zero attached hydrogens (tertiary/aromatic N) is 6. The first-order valence-corrected chi connectivity index (χ1v) is 15.1. The Labute approximate surface area is 259 Å². The zero-order valence-corrected chi connectivity index (χ0v) is 25.4. The van der Waals surface area contributed by atoms with Crippen LogP contribution in [0, 0.1) is 5.92 Å². The van der Waals surface area contributed by atoms with Crippen LogP contribution in [0.5, 0.6) is 0 Å². The first-order valence-electron chi connectivity index (χ1n) is 15.1. The number of anilines is 1. The van der Waals surface area contributed by atoms with Gasteiger partial charge < -0.3 is 14.6 Å². The SMILES string of the molecule is C=CC(=O)NCc1cc(C2(Cc3nncn3C)COC2)cc(N2Cc3c(cc(CN4CCC[C@H](C)C4)cc3C(F)(F)F)C2=O)n1. The third-order valence-electron chi connectivity index (χ3n) is 9.00. The highest BCUT2D eigenvalue weighted by Gasteiger charge is 2.44. The minimum absolute atomic E-state index is 0.0355. The zero-order valence-electron chi connectivity index (χ0n) is 25.4. The molecule has 2 saturated heterocycles. The molecule has 238 valence electrons. The van der Waals surface area contributed by atoms with E-state index in [1.165, 1.54) is 11.0 Å². The number of aromatic nitrogens is 4. The molecule has 10 nitrogen and oxygen atoms in total. The lowest BCUT2D eigenvalue weighted by atomic mass is 9.75. The Kier molecular flexibility index (Phi) is 8.25. The van der Waals surface area contributed by atoms with Crippen LogP contribution in [0.4, 0.5) is 19.0 Å². The maximum Gasteiger partial charge on any atom is 0.416 e. The summed E-state index contributed by atoms with van der Waals surface area (Å²) >= 11 is 0. The van der Waals surface area contributed by atoms with Gasteiger partial charge in [0.15, 0.2) is 0 Å². The predicted molar refractivity (Wildman–Crippen MR) is 159 cm³/mol. The molecule has 2 fully saturated rings. The molecular formula is C32H36F3N7O3. The van der Waals surface area contributed by atoms with Crippen LogP contribution in [-0.2, 0) is 54.2 Å². The average Bonchev–Trinajstić information content (AvgIpc) is 3.54. The number of rotatable bonds is 9. The molecule has 0 unspecified atom stereocenters. The number of likely N-dealkylation sites (tertiary alicyclic amines) is 1. The van der Waals surface area contributed by atoms with Crippen molar-refractivity contribution >= 4 is 17.6 Å². The molecule has 3 aliphatic rings. The zero-order chi connectivity index (χ0) is 31.9. The molecule has 0 saturated carbocycles. The second-order valence-corrected chi connectivity index (χ2v) is 12.5. The normalized spacial score (nSPS) is 19.7. The minimum atomic E-state index is -4.63. The van der Waals surface area contributed by atoms with Crippen LogP contribution < -0.4 is 10.2 Å². The van der Waals surface area contributed by atoms with Crippen molar-refractivity contribution in [2.24, 2.45) is 13.0 Å². The number of nitrogens with one attached hydrogen (secondary N) is 1. The highest BCUT2D eigenvalue weighted by Crippen LogP contribution is 2.41. The molecule has 1 aromatic carbocycles. The van der Waals surface area contributed by atoms with E-state index in [0.717, 1.165) is 43.4 Å². The van der Waals surface area contributed by atoms with Crippen molar-refractivity contribution in [3.8, 4) is 0 Å². The monoisotopic (exact) mass is 623 g/mol. The Hall–Kier alpha value is -4.10. The Balaban J connectivity index is 1.37. The van der Waals surface area contributed by atoms with Crippen LogP contribution in [0.25, 0.3) is 0 Å². The Morgan fingerprint density at radius 2 is 2.04 bits per heavy atom. The topological polar surface area (TPSA) is 105 Å². The number of amides is 2. The smallest absolute Gasteiger partial charge is 0.379 e. The third-order valence-corrected chi connectivity index (χ3v) is 9.00. The number of alkyl halides is 3. The molecule has 0 spiro atoms. The molecule has 2 aromatic heterocycles. The first kappa shape index (κ1) is 30.9. The van der Waals surface area contributed by atoms with Crippen molar-refractivity contribution < 1.29 is 27.5 Å². The number of benzene rings is 1. The van der Waals surface area contributed by atoms with Crippen LogP contribution in [0.15, 0.2) is 43.2 Å². The van der Waals surface area contributed by atoms with Crippen molar-refractivity contribution in [2.45, 2.75) is 57.4 Å². The van der Waals surface area contributed by atoms with Crippen LogP contribution in [0.1, 0.15) is 63.9 Å². The van der Waals surface area contributed by atoms with Gasteiger partial charge in [0.25, 0.3) is 5.91 Å². The van der Waals surface area contributed by atoms with Gasteiger partial charge >= 0.3 is 6.18 Å². The third kappa shape index (κ3) is 6.23. The number of ether oxygens (including phenoxy) is 1. The Morgan fingerprint density at radius 3 is 2.69 bits per heavy atom. The van der Waals surface area contributed by atoms with Crippen LogP contribution in [0.3, 0.4) is 0 Å². The molecule has 0 radical (unpaired) electrons. The fourth-order valence-electron chi connectivity index (χ4n) is 6.53. The summed E-state index contributed by atoms with van der Waals surface area (Å²) in [5.74, 6) is 0.463. The fraction of sp³-hybridized carbons (Fsp3) is 0.469. The van der Waals surface area contributed by atoms with E-state index < -0.39 is 29.0 Å². The largest absolute Gasteiger partial charge is 0.416 e. The van der Waals surface area contributed by atoms with Gasteiger partial charge in [-0.25, -0.2) is 4.98 Å². The van der Waals surface area contributed by atoms with Gasteiger partial charge in [-0.3, -0.25) is 19.4 Å². The van der Waals surface area contributed by atoms with E-state index in [2.05, 4.69) is 38.9 Å². The summed E-state index contributed by atoms with van der Waals surface area (Å²) < 4.78 is 50.8. The number of piperidine rings is 1. The van der Waals surface area contributed by atoms with E-state index in [1.54, 1.807) is 18.5 Å². The first-order chi connectivity index (χ1) is 21.5. The van der Waals surface area contributed by atoms with Gasteiger partial charge in [0.05, 0.1) is 37.6 Å². The molecule has 0 bridgehead atoms. The lowest BCUT2D eigenvalue weighted by molar-refractivity contribution is -0.138. The van der Waals surface area contributed by atoms with E-state index in [-0.39, 0.29) is 30.0 Å². The molecule has 0 aliphatic carbocycles. The Bertz CT molecular complexity index is 1630. The van der Waals surface area contributed by atoms with E-state index in [0.29, 0.717) is 43.4 Å². The number of carbonyl (C=O) groups is 2. The van der Waals surface area contributed by atoms with E-state index in [4.69, 9.17) is 4.74 Å². The van der Waals surface area contributed by atoms with Gasteiger partial charge in [-0.05, 0) is 72.3 Å². The van der Waals surface area contributed by atoms with Crippen molar-refractivity contribution in [3.63, 3.8) is 0 Å².